The fourth-order valence-electron chi connectivity index (χ4n) is 5.62. The molecule has 0 spiro atoms. The molecule has 1 aliphatic carbocycles. The van der Waals surface area contributed by atoms with Crippen molar-refractivity contribution in [2.75, 3.05) is 51.3 Å². The van der Waals surface area contributed by atoms with Crippen molar-refractivity contribution in [1.29, 1.82) is 0 Å². The molecule has 7 nitrogen and oxygen atoms in total. The lowest BCUT2D eigenvalue weighted by molar-refractivity contribution is -0.137. The van der Waals surface area contributed by atoms with Crippen molar-refractivity contribution in [1.82, 2.24) is 9.21 Å². The van der Waals surface area contributed by atoms with E-state index in [2.05, 4.69) is 4.90 Å². The second-order valence-electron chi connectivity index (χ2n) is 9.50. The minimum absolute atomic E-state index is 0.187. The van der Waals surface area contributed by atoms with Crippen LogP contribution in [0, 0.1) is 0 Å². The molecule has 4 rings (SSSR count). The number of anilines is 1. The smallest absolute Gasteiger partial charge is 0.243 e. The van der Waals surface area contributed by atoms with E-state index in [1.165, 1.54) is 4.31 Å². The van der Waals surface area contributed by atoms with Crippen LogP contribution in [0.2, 0.25) is 5.02 Å². The van der Waals surface area contributed by atoms with Crippen LogP contribution in [-0.2, 0) is 20.2 Å². The van der Waals surface area contributed by atoms with E-state index in [1.54, 1.807) is 25.3 Å². The molecule has 1 heterocycles. The van der Waals surface area contributed by atoms with E-state index in [0.717, 1.165) is 36.9 Å². The summed E-state index contributed by atoms with van der Waals surface area (Å²) in [6, 6.07) is 12.8. The van der Waals surface area contributed by atoms with Gasteiger partial charge in [-0.15, -0.1) is 0 Å². The second kappa shape index (κ2) is 11.0. The van der Waals surface area contributed by atoms with Crippen LogP contribution in [0.4, 0.5) is 5.69 Å². The maximum atomic E-state index is 13.9. The van der Waals surface area contributed by atoms with Gasteiger partial charge < -0.3 is 14.5 Å². The van der Waals surface area contributed by atoms with Gasteiger partial charge in [-0.25, -0.2) is 8.42 Å². The number of nitrogens with zero attached hydrogens (tertiary/aromatic N) is 3. The molecule has 196 valence electrons. The summed E-state index contributed by atoms with van der Waals surface area (Å²) < 4.78 is 33.3. The van der Waals surface area contributed by atoms with Gasteiger partial charge >= 0.3 is 0 Å². The maximum absolute atomic E-state index is 13.9. The molecule has 2 aromatic carbocycles. The lowest BCUT2D eigenvalue weighted by Crippen LogP contribution is -2.54. The summed E-state index contributed by atoms with van der Waals surface area (Å²) >= 11 is 6.11. The first-order valence-electron chi connectivity index (χ1n) is 12.8. The van der Waals surface area contributed by atoms with Gasteiger partial charge in [0.1, 0.15) is 5.75 Å². The standard InChI is InChI=1S/C27H36ClN3O4S/c1-4-31(5-2)36(33,34)23-12-13-25(35-3)24(20-23)29-16-18-30(19-17-29)26(32)27(14-6-7-15-27)21-8-10-22(28)11-9-21/h8-13,20H,4-7,14-19H2,1-3H3. The highest BCUT2D eigenvalue weighted by molar-refractivity contribution is 7.89. The van der Waals surface area contributed by atoms with E-state index in [-0.39, 0.29) is 10.8 Å². The molecule has 0 radical (unpaired) electrons. The first kappa shape index (κ1) is 26.8. The molecule has 0 unspecified atom stereocenters. The van der Waals surface area contributed by atoms with Gasteiger partial charge in [0.2, 0.25) is 15.9 Å². The zero-order chi connectivity index (χ0) is 25.9. The van der Waals surface area contributed by atoms with Crippen LogP contribution >= 0.6 is 11.6 Å². The van der Waals surface area contributed by atoms with Crippen molar-refractivity contribution in [3.63, 3.8) is 0 Å². The number of halogens is 1. The Morgan fingerprint density at radius 1 is 1.00 bits per heavy atom. The second-order valence-corrected chi connectivity index (χ2v) is 11.9. The average molecular weight is 534 g/mol. The summed E-state index contributed by atoms with van der Waals surface area (Å²) in [5, 5.41) is 0.673. The highest BCUT2D eigenvalue weighted by atomic mass is 35.5. The summed E-state index contributed by atoms with van der Waals surface area (Å²) in [6.07, 6.45) is 3.79. The summed E-state index contributed by atoms with van der Waals surface area (Å²) in [7, 11) is -2.00. The topological polar surface area (TPSA) is 70.2 Å². The van der Waals surface area contributed by atoms with Crippen LogP contribution < -0.4 is 9.64 Å². The largest absolute Gasteiger partial charge is 0.495 e. The van der Waals surface area contributed by atoms with Gasteiger partial charge in [-0.1, -0.05) is 50.4 Å². The summed E-state index contributed by atoms with van der Waals surface area (Å²) in [4.78, 5) is 18.2. The third-order valence-electron chi connectivity index (χ3n) is 7.66. The zero-order valence-corrected chi connectivity index (χ0v) is 22.9. The van der Waals surface area contributed by atoms with Crippen LogP contribution in [0.5, 0.6) is 5.75 Å². The number of amides is 1. The quantitative estimate of drug-likeness (QED) is 0.498. The normalized spacial score (nSPS) is 18.0. The van der Waals surface area contributed by atoms with E-state index in [9.17, 15) is 13.2 Å². The van der Waals surface area contributed by atoms with Gasteiger partial charge in [0.05, 0.1) is 23.1 Å². The first-order valence-corrected chi connectivity index (χ1v) is 14.6. The molecule has 36 heavy (non-hydrogen) atoms. The number of ether oxygens (including phenoxy) is 1. The number of piperazine rings is 1. The number of methoxy groups -OCH3 is 1. The molecule has 1 saturated carbocycles. The molecule has 1 saturated heterocycles. The molecule has 2 aromatic rings. The summed E-state index contributed by atoms with van der Waals surface area (Å²) in [5.41, 5.74) is 1.31. The molecule has 2 fully saturated rings. The molecular weight excluding hydrogens is 498 g/mol. The number of hydrogen-bond acceptors (Lipinski definition) is 5. The highest BCUT2D eigenvalue weighted by Crippen LogP contribution is 2.43. The third kappa shape index (κ3) is 4.95. The van der Waals surface area contributed by atoms with Crippen molar-refractivity contribution >= 4 is 33.2 Å². The average Bonchev–Trinajstić information content (AvgIpc) is 3.40. The van der Waals surface area contributed by atoms with Crippen molar-refractivity contribution < 1.29 is 17.9 Å². The Kier molecular flexibility index (Phi) is 8.17. The fourth-order valence-corrected chi connectivity index (χ4v) is 7.22. The predicted octanol–water partition coefficient (Wildman–Crippen LogP) is 4.54. The molecule has 0 aromatic heterocycles. The minimum Gasteiger partial charge on any atom is -0.495 e. The van der Waals surface area contributed by atoms with Crippen LogP contribution in [0.15, 0.2) is 47.4 Å². The SMILES string of the molecule is CCN(CC)S(=O)(=O)c1ccc(OC)c(N2CCN(C(=O)C3(c4ccc(Cl)cc4)CCCC3)CC2)c1. The Morgan fingerprint density at radius 2 is 1.61 bits per heavy atom. The number of benzene rings is 2. The van der Waals surface area contributed by atoms with E-state index in [1.807, 2.05) is 43.0 Å². The molecule has 1 aliphatic heterocycles. The molecular formula is C27H36ClN3O4S. The van der Waals surface area contributed by atoms with Gasteiger partial charge in [0, 0.05) is 44.3 Å². The molecule has 2 aliphatic rings. The molecule has 9 heteroatoms. The van der Waals surface area contributed by atoms with Gasteiger partial charge in [0.25, 0.3) is 0 Å². The Balaban J connectivity index is 1.54. The Bertz CT molecular complexity index is 1170. The van der Waals surface area contributed by atoms with Crippen molar-refractivity contribution in [3.8, 4) is 5.75 Å². The van der Waals surface area contributed by atoms with Gasteiger partial charge in [0.15, 0.2) is 0 Å². The summed E-state index contributed by atoms with van der Waals surface area (Å²) in [6.45, 7) is 6.86. The number of carbonyl (C=O) groups excluding carboxylic acids is 1. The summed E-state index contributed by atoms with van der Waals surface area (Å²) in [5.74, 6) is 0.813. The van der Waals surface area contributed by atoms with Crippen molar-refractivity contribution in [2.45, 2.75) is 49.8 Å². The molecule has 0 bridgehead atoms. The van der Waals surface area contributed by atoms with Crippen LogP contribution in [0.1, 0.15) is 45.1 Å². The van der Waals surface area contributed by atoms with E-state index in [0.29, 0.717) is 50.0 Å². The number of carbonyl (C=O) groups is 1. The monoisotopic (exact) mass is 533 g/mol. The number of rotatable bonds is 8. The highest BCUT2D eigenvalue weighted by Gasteiger charge is 2.45. The first-order chi connectivity index (χ1) is 17.3. The van der Waals surface area contributed by atoms with E-state index in [4.69, 9.17) is 16.3 Å². The van der Waals surface area contributed by atoms with Gasteiger partial charge in [-0.05, 0) is 48.7 Å². The molecule has 0 atom stereocenters. The van der Waals surface area contributed by atoms with Gasteiger partial charge in [-0.3, -0.25) is 4.79 Å². The lowest BCUT2D eigenvalue weighted by atomic mass is 9.77. The van der Waals surface area contributed by atoms with Crippen LogP contribution in [0.3, 0.4) is 0 Å². The Hall–Kier alpha value is -2.29. The van der Waals surface area contributed by atoms with Crippen LogP contribution in [0.25, 0.3) is 0 Å². The van der Waals surface area contributed by atoms with Crippen LogP contribution in [-0.4, -0.2) is 69.9 Å². The number of hydrogen-bond donors (Lipinski definition) is 0. The third-order valence-corrected chi connectivity index (χ3v) is 9.96. The Labute approximate surface area is 220 Å². The fraction of sp³-hybridized carbons (Fsp3) is 0.519. The Morgan fingerprint density at radius 3 is 2.17 bits per heavy atom. The van der Waals surface area contributed by atoms with Gasteiger partial charge in [-0.2, -0.15) is 4.31 Å². The van der Waals surface area contributed by atoms with E-state index >= 15 is 0 Å². The molecule has 0 N–H and O–H groups in total. The number of sulfonamides is 1. The molecule has 1 amide bonds. The van der Waals surface area contributed by atoms with Crippen molar-refractivity contribution in [3.05, 3.63) is 53.1 Å². The van der Waals surface area contributed by atoms with E-state index < -0.39 is 15.4 Å². The predicted molar refractivity (Wildman–Crippen MR) is 143 cm³/mol. The lowest BCUT2D eigenvalue weighted by Gasteiger charge is -2.41. The minimum atomic E-state index is -3.59. The zero-order valence-electron chi connectivity index (χ0n) is 21.4. The van der Waals surface area contributed by atoms with Crippen molar-refractivity contribution in [2.24, 2.45) is 0 Å². The maximum Gasteiger partial charge on any atom is 0.243 e.